The smallest absolute Gasteiger partial charge is 0.416 e. The van der Waals surface area contributed by atoms with Crippen LogP contribution in [-0.2, 0) is 12.7 Å². The molecule has 0 aliphatic carbocycles. The third-order valence-electron chi connectivity index (χ3n) is 2.20. The van der Waals surface area contributed by atoms with Crippen LogP contribution in [-0.4, -0.2) is 0 Å². The van der Waals surface area contributed by atoms with Gasteiger partial charge in [-0.1, -0.05) is 6.07 Å². The number of fused-ring (bicyclic) bond motifs is 1. The fourth-order valence-corrected chi connectivity index (χ4v) is 1.42. The van der Waals surface area contributed by atoms with Crippen molar-refractivity contribution in [3.63, 3.8) is 0 Å². The maximum Gasteiger partial charge on any atom is 0.416 e. The normalized spacial score (nSPS) is 12.3. The average Bonchev–Trinajstić information content (AvgIpc) is 2.58. The van der Waals surface area contributed by atoms with Crippen LogP contribution in [0.5, 0.6) is 0 Å². The van der Waals surface area contributed by atoms with E-state index in [4.69, 9.17) is 10.2 Å². The van der Waals surface area contributed by atoms with Crippen molar-refractivity contribution in [1.82, 2.24) is 0 Å². The first-order chi connectivity index (χ1) is 7.02. The van der Waals surface area contributed by atoms with Crippen LogP contribution in [0.1, 0.15) is 11.1 Å². The molecular formula is C10H8F3NO. The molecule has 0 aliphatic heterocycles. The highest BCUT2D eigenvalue weighted by Gasteiger charge is 2.30. The van der Waals surface area contributed by atoms with Crippen molar-refractivity contribution in [2.24, 2.45) is 5.73 Å². The number of rotatable bonds is 1. The third-order valence-corrected chi connectivity index (χ3v) is 2.20. The van der Waals surface area contributed by atoms with Crippen molar-refractivity contribution in [2.75, 3.05) is 0 Å². The van der Waals surface area contributed by atoms with E-state index in [-0.39, 0.29) is 12.1 Å². The summed E-state index contributed by atoms with van der Waals surface area (Å²) in [5, 5.41) is 0.630. The zero-order valence-electron chi connectivity index (χ0n) is 7.64. The Morgan fingerprint density at radius 1 is 1.27 bits per heavy atom. The minimum atomic E-state index is -4.34. The molecule has 1 aromatic heterocycles. The molecule has 2 aromatic rings. The SMILES string of the molecule is NCc1coc2cc(C(F)(F)F)ccc12. The number of furan rings is 1. The van der Waals surface area contributed by atoms with Gasteiger partial charge in [0.15, 0.2) is 0 Å². The zero-order chi connectivity index (χ0) is 11.1. The van der Waals surface area contributed by atoms with E-state index in [0.29, 0.717) is 10.9 Å². The van der Waals surface area contributed by atoms with Crippen LogP contribution < -0.4 is 5.73 Å². The molecule has 0 unspecified atom stereocenters. The molecule has 0 saturated heterocycles. The van der Waals surface area contributed by atoms with Gasteiger partial charge in [-0.3, -0.25) is 0 Å². The van der Waals surface area contributed by atoms with E-state index >= 15 is 0 Å². The van der Waals surface area contributed by atoms with E-state index in [2.05, 4.69) is 0 Å². The second-order valence-corrected chi connectivity index (χ2v) is 3.17. The number of hydrogen-bond acceptors (Lipinski definition) is 2. The second kappa shape index (κ2) is 3.27. The molecular weight excluding hydrogens is 207 g/mol. The van der Waals surface area contributed by atoms with Gasteiger partial charge >= 0.3 is 6.18 Å². The monoisotopic (exact) mass is 215 g/mol. The Morgan fingerprint density at radius 2 is 2.00 bits per heavy atom. The summed E-state index contributed by atoms with van der Waals surface area (Å²) in [6, 6.07) is 3.38. The molecule has 0 amide bonds. The number of halogens is 3. The quantitative estimate of drug-likeness (QED) is 0.794. The van der Waals surface area contributed by atoms with Gasteiger partial charge < -0.3 is 10.2 Å². The lowest BCUT2D eigenvalue weighted by Crippen LogP contribution is -2.04. The molecule has 0 saturated carbocycles. The van der Waals surface area contributed by atoms with Gasteiger partial charge in [0.25, 0.3) is 0 Å². The summed E-state index contributed by atoms with van der Waals surface area (Å²) in [6.45, 7) is 0.248. The molecule has 5 heteroatoms. The number of alkyl halides is 3. The Labute approximate surface area is 83.5 Å². The van der Waals surface area contributed by atoms with Crippen LogP contribution in [0.2, 0.25) is 0 Å². The van der Waals surface area contributed by atoms with Gasteiger partial charge in [-0.2, -0.15) is 13.2 Å². The molecule has 0 radical (unpaired) electrons. The Bertz CT molecular complexity index is 487. The number of nitrogens with two attached hydrogens (primary N) is 1. The summed E-state index contributed by atoms with van der Waals surface area (Å²) in [7, 11) is 0. The predicted molar refractivity (Wildman–Crippen MR) is 49.1 cm³/mol. The van der Waals surface area contributed by atoms with Gasteiger partial charge in [0, 0.05) is 17.5 Å². The van der Waals surface area contributed by atoms with Crippen LogP contribution in [0, 0.1) is 0 Å². The van der Waals surface area contributed by atoms with Gasteiger partial charge in [-0.15, -0.1) is 0 Å². The Balaban J connectivity index is 2.58. The van der Waals surface area contributed by atoms with Crippen LogP contribution in [0.25, 0.3) is 11.0 Å². The molecule has 1 heterocycles. The standard InChI is InChI=1S/C10H8F3NO/c11-10(12,13)7-1-2-8-6(4-14)5-15-9(8)3-7/h1-3,5H,4,14H2. The molecule has 1 aromatic carbocycles. The predicted octanol–water partition coefficient (Wildman–Crippen LogP) is 2.91. The fourth-order valence-electron chi connectivity index (χ4n) is 1.42. The first-order valence-corrected chi connectivity index (χ1v) is 4.30. The zero-order valence-corrected chi connectivity index (χ0v) is 7.64. The summed E-state index contributed by atoms with van der Waals surface area (Å²) in [5.41, 5.74) is 5.61. The lowest BCUT2D eigenvalue weighted by atomic mass is 10.1. The molecule has 80 valence electrons. The van der Waals surface area contributed by atoms with Gasteiger partial charge in [0.2, 0.25) is 0 Å². The summed E-state index contributed by atoms with van der Waals surface area (Å²) < 4.78 is 42.0. The summed E-state index contributed by atoms with van der Waals surface area (Å²) in [5.74, 6) is 0. The lowest BCUT2D eigenvalue weighted by molar-refractivity contribution is -0.137. The van der Waals surface area contributed by atoms with Crippen LogP contribution in [0.15, 0.2) is 28.9 Å². The van der Waals surface area contributed by atoms with E-state index in [1.54, 1.807) is 0 Å². The topological polar surface area (TPSA) is 39.2 Å². The highest BCUT2D eigenvalue weighted by Crippen LogP contribution is 2.32. The molecule has 2 nitrogen and oxygen atoms in total. The number of hydrogen-bond donors (Lipinski definition) is 1. The maximum atomic E-state index is 12.3. The third kappa shape index (κ3) is 1.70. The van der Waals surface area contributed by atoms with Crippen molar-refractivity contribution in [3.05, 3.63) is 35.6 Å². The minimum absolute atomic E-state index is 0.213. The van der Waals surface area contributed by atoms with E-state index in [1.807, 2.05) is 0 Å². The summed E-state index contributed by atoms with van der Waals surface area (Å²) in [4.78, 5) is 0. The van der Waals surface area contributed by atoms with E-state index < -0.39 is 11.7 Å². The van der Waals surface area contributed by atoms with Crippen molar-refractivity contribution in [2.45, 2.75) is 12.7 Å². The van der Waals surface area contributed by atoms with E-state index in [0.717, 1.165) is 12.1 Å². The molecule has 0 atom stereocenters. The Kier molecular flexibility index (Phi) is 2.19. The summed E-state index contributed by atoms with van der Waals surface area (Å²) >= 11 is 0. The molecule has 15 heavy (non-hydrogen) atoms. The Morgan fingerprint density at radius 3 is 2.60 bits per heavy atom. The first kappa shape index (κ1) is 10.0. The van der Waals surface area contributed by atoms with Crippen molar-refractivity contribution in [1.29, 1.82) is 0 Å². The second-order valence-electron chi connectivity index (χ2n) is 3.17. The van der Waals surface area contributed by atoms with Gasteiger partial charge in [-0.25, -0.2) is 0 Å². The molecule has 0 fully saturated rings. The van der Waals surface area contributed by atoms with E-state index in [1.165, 1.54) is 12.3 Å². The first-order valence-electron chi connectivity index (χ1n) is 4.30. The molecule has 0 spiro atoms. The van der Waals surface area contributed by atoms with Crippen LogP contribution in [0.4, 0.5) is 13.2 Å². The van der Waals surface area contributed by atoms with Crippen LogP contribution >= 0.6 is 0 Å². The van der Waals surface area contributed by atoms with Crippen molar-refractivity contribution in [3.8, 4) is 0 Å². The Hall–Kier alpha value is -1.49. The summed E-state index contributed by atoms with van der Waals surface area (Å²) in [6.07, 6.45) is -2.96. The highest BCUT2D eigenvalue weighted by molar-refractivity contribution is 5.81. The van der Waals surface area contributed by atoms with Crippen molar-refractivity contribution < 1.29 is 17.6 Å². The van der Waals surface area contributed by atoms with Gasteiger partial charge in [0.05, 0.1) is 11.8 Å². The molecule has 0 aliphatic rings. The maximum absolute atomic E-state index is 12.3. The van der Waals surface area contributed by atoms with Crippen molar-refractivity contribution >= 4 is 11.0 Å². The molecule has 0 bridgehead atoms. The minimum Gasteiger partial charge on any atom is -0.464 e. The molecule has 2 N–H and O–H groups in total. The number of benzene rings is 1. The van der Waals surface area contributed by atoms with Gasteiger partial charge in [0.1, 0.15) is 5.58 Å². The largest absolute Gasteiger partial charge is 0.464 e. The lowest BCUT2D eigenvalue weighted by Gasteiger charge is -2.05. The van der Waals surface area contributed by atoms with E-state index in [9.17, 15) is 13.2 Å². The average molecular weight is 215 g/mol. The van der Waals surface area contributed by atoms with Crippen LogP contribution in [0.3, 0.4) is 0 Å². The highest BCUT2D eigenvalue weighted by atomic mass is 19.4. The fraction of sp³-hybridized carbons (Fsp3) is 0.200. The van der Waals surface area contributed by atoms with Gasteiger partial charge in [-0.05, 0) is 12.1 Å². The molecule has 2 rings (SSSR count).